The van der Waals surface area contributed by atoms with Gasteiger partial charge in [0.1, 0.15) is 11.9 Å². The molecule has 1 aromatic carbocycles. The lowest BCUT2D eigenvalue weighted by atomic mass is 10.1. The molecular weight excluding hydrogens is 428 g/mol. The van der Waals surface area contributed by atoms with Crippen molar-refractivity contribution in [2.24, 2.45) is 4.99 Å². The fourth-order valence-corrected chi connectivity index (χ4v) is 3.46. The van der Waals surface area contributed by atoms with E-state index in [9.17, 15) is 9.50 Å². The third kappa shape index (κ3) is 6.84. The summed E-state index contributed by atoms with van der Waals surface area (Å²) in [5, 5.41) is 16.7. The smallest absolute Gasteiger partial charge is 0.191 e. The molecule has 4 nitrogen and oxygen atoms in total. The van der Waals surface area contributed by atoms with Crippen molar-refractivity contribution < 1.29 is 9.50 Å². The molecule has 0 bridgehead atoms. The van der Waals surface area contributed by atoms with E-state index in [0.29, 0.717) is 12.0 Å². The summed E-state index contributed by atoms with van der Waals surface area (Å²) in [7, 11) is 0. The standard InChI is InChI=1S/C16H24FN3OS.HI/c1-2-18-16(20-12-6-5-9-22-11-12)19-10-15(21)13-7-3-4-8-14(13)17;/h3-4,7-8,12,15,21H,2,5-6,9-11H2,1H3,(H2,18,19,20);1H. The number of aliphatic hydroxyl groups excluding tert-OH is 1. The highest BCUT2D eigenvalue weighted by Crippen LogP contribution is 2.18. The van der Waals surface area contributed by atoms with Gasteiger partial charge in [0, 0.05) is 23.9 Å². The van der Waals surface area contributed by atoms with E-state index in [4.69, 9.17) is 0 Å². The first-order valence-corrected chi connectivity index (χ1v) is 8.91. The zero-order chi connectivity index (χ0) is 15.8. The minimum atomic E-state index is -0.933. The Morgan fingerprint density at radius 1 is 1.48 bits per heavy atom. The van der Waals surface area contributed by atoms with E-state index in [2.05, 4.69) is 15.6 Å². The van der Waals surface area contributed by atoms with Crippen LogP contribution < -0.4 is 10.6 Å². The molecular formula is C16H25FIN3OS. The zero-order valence-electron chi connectivity index (χ0n) is 13.3. The zero-order valence-corrected chi connectivity index (χ0v) is 16.4. The average molecular weight is 453 g/mol. The number of guanidine groups is 1. The minimum absolute atomic E-state index is 0. The highest BCUT2D eigenvalue weighted by Gasteiger charge is 2.16. The van der Waals surface area contributed by atoms with Crippen LogP contribution in [0.25, 0.3) is 0 Å². The highest BCUT2D eigenvalue weighted by atomic mass is 127. The molecule has 0 spiro atoms. The van der Waals surface area contributed by atoms with Crippen molar-refractivity contribution in [2.45, 2.75) is 31.9 Å². The van der Waals surface area contributed by atoms with Gasteiger partial charge in [0.2, 0.25) is 0 Å². The van der Waals surface area contributed by atoms with Crippen LogP contribution in [0.5, 0.6) is 0 Å². The van der Waals surface area contributed by atoms with Gasteiger partial charge in [0.05, 0.1) is 6.54 Å². The molecule has 0 aliphatic carbocycles. The highest BCUT2D eigenvalue weighted by molar-refractivity contribution is 14.0. The molecule has 2 unspecified atom stereocenters. The number of aliphatic hydroxyl groups is 1. The lowest BCUT2D eigenvalue weighted by Gasteiger charge is -2.24. The number of halogens is 2. The van der Waals surface area contributed by atoms with E-state index in [1.165, 1.54) is 18.2 Å². The molecule has 2 rings (SSSR count). The monoisotopic (exact) mass is 453 g/mol. The van der Waals surface area contributed by atoms with Crippen molar-refractivity contribution in [1.82, 2.24) is 10.6 Å². The average Bonchev–Trinajstić information content (AvgIpc) is 2.54. The normalized spacial score (nSPS) is 19.6. The van der Waals surface area contributed by atoms with Crippen LogP contribution in [-0.4, -0.2) is 41.7 Å². The summed E-state index contributed by atoms with van der Waals surface area (Å²) in [5.41, 5.74) is 0.287. The second kappa shape index (κ2) is 11.1. The molecule has 130 valence electrons. The third-order valence-corrected chi connectivity index (χ3v) is 4.75. The van der Waals surface area contributed by atoms with Crippen LogP contribution in [-0.2, 0) is 0 Å². The Labute approximate surface area is 158 Å². The van der Waals surface area contributed by atoms with Gasteiger partial charge in [-0.3, -0.25) is 4.99 Å². The Bertz CT molecular complexity index is 498. The number of aliphatic imine (C=N–C) groups is 1. The molecule has 7 heteroatoms. The van der Waals surface area contributed by atoms with Gasteiger partial charge in [-0.1, -0.05) is 18.2 Å². The SMILES string of the molecule is CCNC(=NCC(O)c1ccccc1F)NC1CCCSC1.I. The number of benzene rings is 1. The molecule has 23 heavy (non-hydrogen) atoms. The van der Waals surface area contributed by atoms with Gasteiger partial charge in [0.15, 0.2) is 5.96 Å². The molecule has 1 fully saturated rings. The lowest BCUT2D eigenvalue weighted by Crippen LogP contribution is -2.45. The Morgan fingerprint density at radius 3 is 2.91 bits per heavy atom. The van der Waals surface area contributed by atoms with Gasteiger partial charge in [0.25, 0.3) is 0 Å². The van der Waals surface area contributed by atoms with Gasteiger partial charge >= 0.3 is 0 Å². The molecule has 1 heterocycles. The molecule has 1 saturated heterocycles. The van der Waals surface area contributed by atoms with Gasteiger partial charge in [-0.2, -0.15) is 11.8 Å². The molecule has 3 N–H and O–H groups in total. The van der Waals surface area contributed by atoms with Crippen molar-refractivity contribution in [3.8, 4) is 0 Å². The predicted octanol–water partition coefficient (Wildman–Crippen LogP) is 2.93. The maximum Gasteiger partial charge on any atom is 0.191 e. The van der Waals surface area contributed by atoms with E-state index in [0.717, 1.165) is 18.7 Å². The number of rotatable bonds is 5. The largest absolute Gasteiger partial charge is 0.386 e. The van der Waals surface area contributed by atoms with Crippen molar-refractivity contribution in [2.75, 3.05) is 24.6 Å². The van der Waals surface area contributed by atoms with Crippen molar-refractivity contribution in [1.29, 1.82) is 0 Å². The number of hydrogen-bond donors (Lipinski definition) is 3. The molecule has 1 aliphatic heterocycles. The predicted molar refractivity (Wildman–Crippen MR) is 106 cm³/mol. The summed E-state index contributed by atoms with van der Waals surface area (Å²) in [5.74, 6) is 2.58. The van der Waals surface area contributed by atoms with Crippen LogP contribution in [0.1, 0.15) is 31.4 Å². The summed E-state index contributed by atoms with van der Waals surface area (Å²) < 4.78 is 13.6. The molecule has 1 aromatic rings. The van der Waals surface area contributed by atoms with E-state index >= 15 is 0 Å². The topological polar surface area (TPSA) is 56.7 Å². The molecule has 0 radical (unpaired) electrons. The molecule has 0 amide bonds. The van der Waals surface area contributed by atoms with Crippen LogP contribution >= 0.6 is 35.7 Å². The van der Waals surface area contributed by atoms with Crippen LogP contribution in [0.15, 0.2) is 29.3 Å². The van der Waals surface area contributed by atoms with Gasteiger partial charge in [-0.25, -0.2) is 4.39 Å². The molecule has 0 saturated carbocycles. The van der Waals surface area contributed by atoms with Crippen LogP contribution in [0.4, 0.5) is 4.39 Å². The van der Waals surface area contributed by atoms with E-state index in [1.807, 2.05) is 18.7 Å². The minimum Gasteiger partial charge on any atom is -0.386 e. The Morgan fingerprint density at radius 2 is 2.26 bits per heavy atom. The van der Waals surface area contributed by atoms with Crippen LogP contribution in [0.2, 0.25) is 0 Å². The quantitative estimate of drug-likeness (QED) is 0.365. The lowest BCUT2D eigenvalue weighted by molar-refractivity contribution is 0.182. The molecule has 2 atom stereocenters. The number of nitrogens with one attached hydrogen (secondary N) is 2. The van der Waals surface area contributed by atoms with Crippen molar-refractivity contribution in [3.63, 3.8) is 0 Å². The second-order valence-electron chi connectivity index (χ2n) is 5.32. The first-order chi connectivity index (χ1) is 10.7. The summed E-state index contributed by atoms with van der Waals surface area (Å²) in [6.45, 7) is 2.89. The summed E-state index contributed by atoms with van der Waals surface area (Å²) >= 11 is 1.94. The first kappa shape index (κ1) is 20.5. The van der Waals surface area contributed by atoms with Crippen molar-refractivity contribution in [3.05, 3.63) is 35.6 Å². The molecule has 1 aliphatic rings. The van der Waals surface area contributed by atoms with Gasteiger partial charge < -0.3 is 15.7 Å². The van der Waals surface area contributed by atoms with Gasteiger partial charge in [-0.05, 0) is 31.6 Å². The van der Waals surface area contributed by atoms with Crippen LogP contribution in [0, 0.1) is 5.82 Å². The maximum absolute atomic E-state index is 13.6. The van der Waals surface area contributed by atoms with E-state index in [1.54, 1.807) is 18.2 Å². The fourth-order valence-electron chi connectivity index (χ4n) is 2.39. The fraction of sp³-hybridized carbons (Fsp3) is 0.562. The molecule has 0 aromatic heterocycles. The number of thioether (sulfide) groups is 1. The number of nitrogens with zero attached hydrogens (tertiary/aromatic N) is 1. The number of hydrogen-bond acceptors (Lipinski definition) is 3. The van der Waals surface area contributed by atoms with E-state index < -0.39 is 11.9 Å². The van der Waals surface area contributed by atoms with Gasteiger partial charge in [-0.15, -0.1) is 24.0 Å². The summed E-state index contributed by atoms with van der Waals surface area (Å²) in [6.07, 6.45) is 1.41. The third-order valence-electron chi connectivity index (χ3n) is 3.53. The Balaban J connectivity index is 0.00000264. The second-order valence-corrected chi connectivity index (χ2v) is 6.47. The Kier molecular flexibility index (Phi) is 9.89. The summed E-state index contributed by atoms with van der Waals surface area (Å²) in [4.78, 5) is 4.39. The Hall–Kier alpha value is -0.540. The van der Waals surface area contributed by atoms with E-state index in [-0.39, 0.29) is 36.1 Å². The van der Waals surface area contributed by atoms with Crippen LogP contribution in [0.3, 0.4) is 0 Å². The maximum atomic E-state index is 13.6. The van der Waals surface area contributed by atoms with Crippen molar-refractivity contribution >= 4 is 41.7 Å². The first-order valence-electron chi connectivity index (χ1n) is 7.75. The summed E-state index contributed by atoms with van der Waals surface area (Å²) in [6, 6.07) is 6.68.